The lowest BCUT2D eigenvalue weighted by Gasteiger charge is -2.21. The van der Waals surface area contributed by atoms with Gasteiger partial charge in [0.2, 0.25) is 0 Å². The molecule has 104 valence electrons. The number of hydrogen-bond donors (Lipinski definition) is 1. The summed E-state index contributed by atoms with van der Waals surface area (Å²) in [6, 6.07) is 4.05. The molecule has 3 nitrogen and oxygen atoms in total. The summed E-state index contributed by atoms with van der Waals surface area (Å²) in [6.07, 6.45) is 7.02. The fraction of sp³-hybridized carbons (Fsp3) is 0.600. The Hall–Kier alpha value is -1.00. The SMILES string of the molecule is CCC1CCCN(Cc2cccnc2C(N)=S)CC1. The van der Waals surface area contributed by atoms with Crippen LogP contribution in [-0.4, -0.2) is 28.0 Å². The van der Waals surface area contributed by atoms with E-state index in [0.717, 1.165) is 23.7 Å². The van der Waals surface area contributed by atoms with Gasteiger partial charge in [0.05, 0.1) is 0 Å². The molecule has 2 N–H and O–H groups in total. The van der Waals surface area contributed by atoms with Crippen LogP contribution in [0.5, 0.6) is 0 Å². The van der Waals surface area contributed by atoms with E-state index in [1.54, 1.807) is 6.20 Å². The van der Waals surface area contributed by atoms with E-state index in [-0.39, 0.29) is 0 Å². The van der Waals surface area contributed by atoms with Crippen molar-refractivity contribution in [1.82, 2.24) is 9.88 Å². The van der Waals surface area contributed by atoms with Gasteiger partial charge in [-0.25, -0.2) is 0 Å². The van der Waals surface area contributed by atoms with E-state index in [1.165, 1.54) is 38.8 Å². The van der Waals surface area contributed by atoms with E-state index >= 15 is 0 Å². The molecule has 2 heterocycles. The van der Waals surface area contributed by atoms with Gasteiger partial charge in [-0.1, -0.05) is 31.6 Å². The van der Waals surface area contributed by atoms with Crippen LogP contribution in [0.25, 0.3) is 0 Å². The van der Waals surface area contributed by atoms with Gasteiger partial charge in [0.25, 0.3) is 0 Å². The Labute approximate surface area is 121 Å². The second-order valence-electron chi connectivity index (χ2n) is 5.36. The van der Waals surface area contributed by atoms with Gasteiger partial charge < -0.3 is 5.73 Å². The van der Waals surface area contributed by atoms with Crippen LogP contribution in [0.3, 0.4) is 0 Å². The van der Waals surface area contributed by atoms with E-state index in [1.807, 2.05) is 6.07 Å². The molecular formula is C15H23N3S. The molecule has 0 radical (unpaired) electrons. The van der Waals surface area contributed by atoms with Crippen molar-refractivity contribution in [2.45, 2.75) is 39.2 Å². The van der Waals surface area contributed by atoms with Crippen molar-refractivity contribution in [3.05, 3.63) is 29.6 Å². The predicted molar refractivity (Wildman–Crippen MR) is 83.0 cm³/mol. The fourth-order valence-corrected chi connectivity index (χ4v) is 3.00. The van der Waals surface area contributed by atoms with Gasteiger partial charge in [0.15, 0.2) is 0 Å². The molecule has 1 aliphatic rings. The van der Waals surface area contributed by atoms with Gasteiger partial charge in [0, 0.05) is 12.7 Å². The monoisotopic (exact) mass is 277 g/mol. The van der Waals surface area contributed by atoms with Gasteiger partial charge in [0.1, 0.15) is 10.7 Å². The van der Waals surface area contributed by atoms with Crippen molar-refractivity contribution in [3.8, 4) is 0 Å². The lowest BCUT2D eigenvalue weighted by Crippen LogP contribution is -2.26. The number of rotatable bonds is 4. The molecule has 4 heteroatoms. The van der Waals surface area contributed by atoms with E-state index < -0.39 is 0 Å². The van der Waals surface area contributed by atoms with Crippen LogP contribution in [0.1, 0.15) is 43.9 Å². The van der Waals surface area contributed by atoms with Gasteiger partial charge in [-0.15, -0.1) is 0 Å². The molecule has 1 aliphatic heterocycles. The molecule has 1 unspecified atom stereocenters. The highest BCUT2D eigenvalue weighted by atomic mass is 32.1. The molecule has 0 aliphatic carbocycles. The summed E-state index contributed by atoms with van der Waals surface area (Å²) in [7, 11) is 0. The Bertz CT molecular complexity index is 433. The standard InChI is InChI=1S/C15H23N3S/c1-2-12-5-4-9-18(10-7-12)11-13-6-3-8-17-14(13)15(16)19/h3,6,8,12H,2,4-5,7,9-11H2,1H3,(H2,16,19). The van der Waals surface area contributed by atoms with Crippen LogP contribution in [0.2, 0.25) is 0 Å². The van der Waals surface area contributed by atoms with E-state index in [4.69, 9.17) is 18.0 Å². The summed E-state index contributed by atoms with van der Waals surface area (Å²) < 4.78 is 0. The van der Waals surface area contributed by atoms with Gasteiger partial charge >= 0.3 is 0 Å². The number of hydrogen-bond acceptors (Lipinski definition) is 3. The zero-order chi connectivity index (χ0) is 13.7. The van der Waals surface area contributed by atoms with Crippen molar-refractivity contribution in [1.29, 1.82) is 0 Å². The molecule has 1 aromatic rings. The molecule has 1 saturated heterocycles. The van der Waals surface area contributed by atoms with Crippen molar-refractivity contribution in [3.63, 3.8) is 0 Å². The number of nitrogens with two attached hydrogens (primary N) is 1. The highest BCUT2D eigenvalue weighted by Gasteiger charge is 2.17. The summed E-state index contributed by atoms with van der Waals surface area (Å²) in [5, 5.41) is 0. The third-order valence-corrected chi connectivity index (χ3v) is 4.23. The second-order valence-corrected chi connectivity index (χ2v) is 5.80. The van der Waals surface area contributed by atoms with E-state index in [9.17, 15) is 0 Å². The Morgan fingerprint density at radius 2 is 2.32 bits per heavy atom. The van der Waals surface area contributed by atoms with Crippen LogP contribution >= 0.6 is 12.2 Å². The molecule has 19 heavy (non-hydrogen) atoms. The minimum atomic E-state index is 0.400. The Balaban J connectivity index is 2.03. The summed E-state index contributed by atoms with van der Waals surface area (Å²) in [5.74, 6) is 0.897. The van der Waals surface area contributed by atoms with Crippen LogP contribution in [0.15, 0.2) is 18.3 Å². The highest BCUT2D eigenvalue weighted by Crippen LogP contribution is 2.21. The van der Waals surface area contributed by atoms with Crippen molar-refractivity contribution < 1.29 is 0 Å². The molecule has 1 atom stereocenters. The highest BCUT2D eigenvalue weighted by molar-refractivity contribution is 7.80. The number of aromatic nitrogens is 1. The average Bonchev–Trinajstić information content (AvgIpc) is 2.64. The number of likely N-dealkylation sites (tertiary alicyclic amines) is 1. The van der Waals surface area contributed by atoms with Crippen molar-refractivity contribution in [2.24, 2.45) is 11.7 Å². The van der Waals surface area contributed by atoms with Crippen molar-refractivity contribution in [2.75, 3.05) is 13.1 Å². The first-order valence-corrected chi connectivity index (χ1v) is 7.57. The normalized spacial score (nSPS) is 21.0. The molecule has 2 rings (SSSR count). The first kappa shape index (κ1) is 14.4. The number of thiocarbonyl (C=S) groups is 1. The first-order chi connectivity index (χ1) is 9.20. The lowest BCUT2D eigenvalue weighted by atomic mass is 9.98. The van der Waals surface area contributed by atoms with Crippen molar-refractivity contribution >= 4 is 17.2 Å². The molecule has 0 bridgehead atoms. The maximum absolute atomic E-state index is 5.74. The fourth-order valence-electron chi connectivity index (χ4n) is 2.82. The molecule has 1 fully saturated rings. The smallest absolute Gasteiger partial charge is 0.123 e. The summed E-state index contributed by atoms with van der Waals surface area (Å²) in [6.45, 7) is 5.55. The van der Waals surface area contributed by atoms with Gasteiger partial charge in [-0.05, 0) is 49.9 Å². The maximum atomic E-state index is 5.74. The minimum Gasteiger partial charge on any atom is -0.388 e. The largest absolute Gasteiger partial charge is 0.388 e. The summed E-state index contributed by atoms with van der Waals surface area (Å²) in [5.41, 5.74) is 7.69. The molecule has 1 aromatic heterocycles. The van der Waals surface area contributed by atoms with Crippen LogP contribution in [0.4, 0.5) is 0 Å². The molecule has 0 amide bonds. The molecule has 0 saturated carbocycles. The zero-order valence-corrected chi connectivity index (χ0v) is 12.5. The molecular weight excluding hydrogens is 254 g/mol. The Morgan fingerprint density at radius 3 is 3.05 bits per heavy atom. The molecule has 0 aromatic carbocycles. The number of nitrogens with zero attached hydrogens (tertiary/aromatic N) is 2. The molecule has 0 spiro atoms. The maximum Gasteiger partial charge on any atom is 0.123 e. The number of pyridine rings is 1. The Morgan fingerprint density at radius 1 is 1.47 bits per heavy atom. The summed E-state index contributed by atoms with van der Waals surface area (Å²) >= 11 is 5.08. The second kappa shape index (κ2) is 6.96. The van der Waals surface area contributed by atoms with Gasteiger partial charge in [-0.3, -0.25) is 9.88 Å². The Kier molecular flexibility index (Phi) is 5.28. The average molecular weight is 277 g/mol. The van der Waals surface area contributed by atoms with Crippen LogP contribution < -0.4 is 5.73 Å². The lowest BCUT2D eigenvalue weighted by molar-refractivity contribution is 0.271. The van der Waals surface area contributed by atoms with Crippen LogP contribution in [0, 0.1) is 5.92 Å². The van der Waals surface area contributed by atoms with E-state index in [2.05, 4.69) is 22.9 Å². The quantitative estimate of drug-likeness (QED) is 0.859. The minimum absolute atomic E-state index is 0.400. The first-order valence-electron chi connectivity index (χ1n) is 7.16. The third kappa shape index (κ3) is 3.98. The predicted octanol–water partition coefficient (Wildman–Crippen LogP) is 2.73. The third-order valence-electron chi connectivity index (χ3n) is 4.04. The van der Waals surface area contributed by atoms with Gasteiger partial charge in [-0.2, -0.15) is 0 Å². The van der Waals surface area contributed by atoms with E-state index in [0.29, 0.717) is 4.99 Å². The summed E-state index contributed by atoms with van der Waals surface area (Å²) in [4.78, 5) is 7.21. The van der Waals surface area contributed by atoms with Crippen LogP contribution in [-0.2, 0) is 6.54 Å². The zero-order valence-electron chi connectivity index (χ0n) is 11.6. The topological polar surface area (TPSA) is 42.2 Å².